The summed E-state index contributed by atoms with van der Waals surface area (Å²) in [5.74, 6) is -2.74. The van der Waals surface area contributed by atoms with Gasteiger partial charge in [0.2, 0.25) is 5.91 Å². The van der Waals surface area contributed by atoms with Crippen molar-refractivity contribution in [2.75, 3.05) is 6.54 Å². The molecular weight excluding hydrogens is 242 g/mol. The SMILES string of the molecule is CCNC(=O)[C@H](C)NC(=O)c1cc(F)cc(F)c1. The molecule has 2 N–H and O–H groups in total. The Bertz CT molecular complexity index is 443. The highest BCUT2D eigenvalue weighted by atomic mass is 19.1. The fraction of sp³-hybridized carbons (Fsp3) is 0.333. The number of carbonyl (C=O) groups is 2. The van der Waals surface area contributed by atoms with Gasteiger partial charge in [-0.3, -0.25) is 9.59 Å². The molecule has 0 spiro atoms. The number of likely N-dealkylation sites (N-methyl/N-ethyl adjacent to an activating group) is 1. The number of hydrogen-bond donors (Lipinski definition) is 2. The molecule has 1 aromatic carbocycles. The minimum absolute atomic E-state index is 0.163. The summed E-state index contributed by atoms with van der Waals surface area (Å²) in [5, 5.41) is 4.87. The van der Waals surface area contributed by atoms with Gasteiger partial charge in [-0.25, -0.2) is 8.78 Å². The van der Waals surface area contributed by atoms with E-state index in [9.17, 15) is 18.4 Å². The van der Waals surface area contributed by atoms with Crippen molar-refractivity contribution in [3.8, 4) is 0 Å². The molecule has 98 valence electrons. The average Bonchev–Trinajstić information content (AvgIpc) is 2.27. The minimum atomic E-state index is -0.842. The fourth-order valence-electron chi connectivity index (χ4n) is 1.36. The van der Waals surface area contributed by atoms with Gasteiger partial charge in [-0.2, -0.15) is 0 Å². The zero-order valence-corrected chi connectivity index (χ0v) is 10.1. The van der Waals surface area contributed by atoms with E-state index >= 15 is 0 Å². The Labute approximate surface area is 103 Å². The topological polar surface area (TPSA) is 58.2 Å². The second-order valence-electron chi connectivity index (χ2n) is 3.75. The largest absolute Gasteiger partial charge is 0.355 e. The summed E-state index contributed by atoms with van der Waals surface area (Å²) in [4.78, 5) is 23.0. The Balaban J connectivity index is 2.73. The first-order chi connectivity index (χ1) is 8.43. The van der Waals surface area contributed by atoms with Crippen LogP contribution in [0.5, 0.6) is 0 Å². The van der Waals surface area contributed by atoms with E-state index in [4.69, 9.17) is 0 Å². The molecule has 6 heteroatoms. The molecule has 2 amide bonds. The average molecular weight is 256 g/mol. The van der Waals surface area contributed by atoms with Crippen LogP contribution in [0.2, 0.25) is 0 Å². The maximum atomic E-state index is 12.9. The van der Waals surface area contributed by atoms with Gasteiger partial charge < -0.3 is 10.6 Å². The molecular formula is C12H14F2N2O2. The van der Waals surface area contributed by atoms with Gasteiger partial charge >= 0.3 is 0 Å². The summed E-state index contributed by atoms with van der Waals surface area (Å²) in [6.45, 7) is 3.67. The Morgan fingerprint density at radius 2 is 1.78 bits per heavy atom. The number of amides is 2. The van der Waals surface area contributed by atoms with Crippen molar-refractivity contribution < 1.29 is 18.4 Å². The van der Waals surface area contributed by atoms with Crippen molar-refractivity contribution in [3.63, 3.8) is 0 Å². The Morgan fingerprint density at radius 1 is 1.22 bits per heavy atom. The predicted molar refractivity (Wildman–Crippen MR) is 62.0 cm³/mol. The van der Waals surface area contributed by atoms with Crippen molar-refractivity contribution in [2.24, 2.45) is 0 Å². The van der Waals surface area contributed by atoms with Crippen molar-refractivity contribution in [1.82, 2.24) is 10.6 Å². The highest BCUT2D eigenvalue weighted by Crippen LogP contribution is 2.08. The van der Waals surface area contributed by atoms with Gasteiger partial charge in [0.25, 0.3) is 5.91 Å². The molecule has 0 aliphatic carbocycles. The van der Waals surface area contributed by atoms with Crippen LogP contribution in [0.15, 0.2) is 18.2 Å². The maximum Gasteiger partial charge on any atom is 0.252 e. The van der Waals surface area contributed by atoms with Crippen LogP contribution >= 0.6 is 0 Å². The van der Waals surface area contributed by atoms with E-state index in [-0.39, 0.29) is 11.5 Å². The summed E-state index contributed by atoms with van der Waals surface area (Å²) < 4.78 is 25.8. The first-order valence-electron chi connectivity index (χ1n) is 5.48. The van der Waals surface area contributed by atoms with Crippen LogP contribution in [-0.2, 0) is 4.79 Å². The van der Waals surface area contributed by atoms with Gasteiger partial charge in [0, 0.05) is 18.2 Å². The molecule has 1 aromatic rings. The standard InChI is InChI=1S/C12H14F2N2O2/c1-3-15-11(17)7(2)16-12(18)8-4-9(13)6-10(14)5-8/h4-7H,3H2,1-2H3,(H,15,17)(H,16,18)/t7-/m0/s1. The molecule has 0 bridgehead atoms. The molecule has 0 saturated heterocycles. The van der Waals surface area contributed by atoms with E-state index in [2.05, 4.69) is 10.6 Å². The lowest BCUT2D eigenvalue weighted by Gasteiger charge is -2.13. The summed E-state index contributed by atoms with van der Waals surface area (Å²) in [7, 11) is 0. The first kappa shape index (κ1) is 14.1. The van der Waals surface area contributed by atoms with Crippen molar-refractivity contribution >= 4 is 11.8 Å². The van der Waals surface area contributed by atoms with Gasteiger partial charge in [0.1, 0.15) is 17.7 Å². The first-order valence-corrected chi connectivity index (χ1v) is 5.48. The van der Waals surface area contributed by atoms with Crippen molar-refractivity contribution in [2.45, 2.75) is 19.9 Å². The second kappa shape index (κ2) is 6.09. The molecule has 4 nitrogen and oxygen atoms in total. The third-order valence-corrected chi connectivity index (χ3v) is 2.22. The number of halogens is 2. The third-order valence-electron chi connectivity index (χ3n) is 2.22. The highest BCUT2D eigenvalue weighted by molar-refractivity contribution is 5.97. The zero-order chi connectivity index (χ0) is 13.7. The van der Waals surface area contributed by atoms with E-state index in [1.165, 1.54) is 6.92 Å². The lowest BCUT2D eigenvalue weighted by Crippen LogP contribution is -2.44. The molecule has 0 fully saturated rings. The Hall–Kier alpha value is -1.98. The van der Waals surface area contributed by atoms with E-state index in [1.807, 2.05) is 0 Å². The molecule has 0 aliphatic rings. The van der Waals surface area contributed by atoms with Crippen LogP contribution in [0, 0.1) is 11.6 Å². The van der Waals surface area contributed by atoms with Gasteiger partial charge in [-0.15, -0.1) is 0 Å². The van der Waals surface area contributed by atoms with Crippen LogP contribution < -0.4 is 10.6 Å². The molecule has 0 heterocycles. The number of rotatable bonds is 4. The van der Waals surface area contributed by atoms with Gasteiger partial charge in [-0.05, 0) is 26.0 Å². The Kier molecular flexibility index (Phi) is 4.76. The van der Waals surface area contributed by atoms with Crippen molar-refractivity contribution in [3.05, 3.63) is 35.4 Å². The zero-order valence-electron chi connectivity index (χ0n) is 10.1. The van der Waals surface area contributed by atoms with Gasteiger partial charge in [-0.1, -0.05) is 0 Å². The molecule has 0 aliphatic heterocycles. The van der Waals surface area contributed by atoms with E-state index < -0.39 is 23.6 Å². The minimum Gasteiger partial charge on any atom is -0.355 e. The van der Waals surface area contributed by atoms with Crippen LogP contribution in [-0.4, -0.2) is 24.4 Å². The van der Waals surface area contributed by atoms with E-state index in [0.29, 0.717) is 12.6 Å². The van der Waals surface area contributed by atoms with E-state index in [0.717, 1.165) is 12.1 Å². The summed E-state index contributed by atoms with van der Waals surface area (Å²) in [6, 6.07) is 1.71. The lowest BCUT2D eigenvalue weighted by molar-refractivity contribution is -0.122. The Morgan fingerprint density at radius 3 is 2.28 bits per heavy atom. The highest BCUT2D eigenvalue weighted by Gasteiger charge is 2.16. The molecule has 0 saturated carbocycles. The molecule has 0 unspecified atom stereocenters. The third kappa shape index (κ3) is 3.80. The lowest BCUT2D eigenvalue weighted by atomic mass is 10.2. The quantitative estimate of drug-likeness (QED) is 0.851. The van der Waals surface area contributed by atoms with Gasteiger partial charge in [0.15, 0.2) is 0 Å². The van der Waals surface area contributed by atoms with Crippen LogP contribution in [0.3, 0.4) is 0 Å². The summed E-state index contributed by atoms with van der Waals surface area (Å²) in [6.07, 6.45) is 0. The molecule has 0 radical (unpaired) electrons. The van der Waals surface area contributed by atoms with Crippen LogP contribution in [0.1, 0.15) is 24.2 Å². The van der Waals surface area contributed by atoms with Crippen molar-refractivity contribution in [1.29, 1.82) is 0 Å². The second-order valence-corrected chi connectivity index (χ2v) is 3.75. The summed E-state index contributed by atoms with van der Waals surface area (Å²) in [5.41, 5.74) is -0.163. The van der Waals surface area contributed by atoms with Crippen LogP contribution in [0.25, 0.3) is 0 Å². The summed E-state index contributed by atoms with van der Waals surface area (Å²) >= 11 is 0. The van der Waals surface area contributed by atoms with E-state index in [1.54, 1.807) is 6.92 Å². The number of benzene rings is 1. The molecule has 1 atom stereocenters. The monoisotopic (exact) mass is 256 g/mol. The fourth-order valence-corrected chi connectivity index (χ4v) is 1.36. The normalized spacial score (nSPS) is 11.8. The number of hydrogen-bond acceptors (Lipinski definition) is 2. The van der Waals surface area contributed by atoms with Crippen LogP contribution in [0.4, 0.5) is 8.78 Å². The molecule has 18 heavy (non-hydrogen) atoms. The number of carbonyl (C=O) groups excluding carboxylic acids is 2. The smallest absolute Gasteiger partial charge is 0.252 e. The predicted octanol–water partition coefficient (Wildman–Crippen LogP) is 1.22. The maximum absolute atomic E-state index is 12.9. The molecule has 0 aromatic heterocycles. The van der Waals surface area contributed by atoms with Gasteiger partial charge in [0.05, 0.1) is 0 Å². The number of nitrogens with one attached hydrogen (secondary N) is 2. The molecule has 1 rings (SSSR count).